The van der Waals surface area contributed by atoms with Gasteiger partial charge in [-0.25, -0.2) is 0 Å². The van der Waals surface area contributed by atoms with Crippen LogP contribution in [0.3, 0.4) is 0 Å². The van der Waals surface area contributed by atoms with Crippen LogP contribution in [0.5, 0.6) is 0 Å². The lowest BCUT2D eigenvalue weighted by Gasteiger charge is -2.19. The number of amides is 1. The molecule has 0 bridgehead atoms. The van der Waals surface area contributed by atoms with Crippen molar-refractivity contribution in [2.45, 2.75) is 276 Å². The van der Waals surface area contributed by atoms with Crippen molar-refractivity contribution in [2.75, 3.05) is 6.61 Å². The first-order chi connectivity index (χ1) is 26.2. The van der Waals surface area contributed by atoms with Crippen molar-refractivity contribution in [1.82, 2.24) is 5.32 Å². The van der Waals surface area contributed by atoms with Crippen LogP contribution in [-0.2, 0) is 4.79 Å². The van der Waals surface area contributed by atoms with Gasteiger partial charge >= 0.3 is 0 Å². The van der Waals surface area contributed by atoms with Gasteiger partial charge in [-0.2, -0.15) is 0 Å². The molecule has 314 valence electrons. The van der Waals surface area contributed by atoms with E-state index < -0.39 is 12.1 Å². The number of hydrogen-bond acceptors (Lipinski definition) is 3. The molecule has 0 aliphatic rings. The number of aliphatic hydroxyl groups excluding tert-OH is 2. The van der Waals surface area contributed by atoms with Crippen LogP contribution in [0, 0.1) is 0 Å². The van der Waals surface area contributed by atoms with Gasteiger partial charge in [0.05, 0.1) is 18.8 Å². The normalized spacial score (nSPS) is 13.1. The van der Waals surface area contributed by atoms with Crippen molar-refractivity contribution in [3.8, 4) is 0 Å². The Morgan fingerprint density at radius 3 is 1.09 bits per heavy atom. The topological polar surface area (TPSA) is 69.6 Å². The molecule has 2 atom stereocenters. The van der Waals surface area contributed by atoms with E-state index in [0.29, 0.717) is 6.42 Å². The lowest BCUT2D eigenvalue weighted by Crippen LogP contribution is -2.45. The standard InChI is InChI=1S/C49H95NO3/c1-3-5-7-9-11-13-15-16-17-18-19-20-21-22-23-24-25-26-27-28-29-30-31-32-33-35-37-39-41-43-45-49(53)50-47(46-51)48(52)44-42-40-38-36-34-14-12-10-8-6-4-2/h34,36,42,44,47-48,51-52H,3-33,35,37-41,43,45-46H2,1-2H3,(H,50,53)/b36-34+,44-42+. The van der Waals surface area contributed by atoms with E-state index in [1.54, 1.807) is 6.08 Å². The molecule has 0 saturated carbocycles. The highest BCUT2D eigenvalue weighted by Gasteiger charge is 2.17. The van der Waals surface area contributed by atoms with Crippen LogP contribution in [0.1, 0.15) is 264 Å². The number of aliphatic hydroxyl groups is 2. The second kappa shape index (κ2) is 45.3. The monoisotopic (exact) mass is 746 g/mol. The van der Waals surface area contributed by atoms with Crippen LogP contribution in [0.2, 0.25) is 0 Å². The first-order valence-corrected chi connectivity index (χ1v) is 24.1. The fourth-order valence-electron chi connectivity index (χ4n) is 7.49. The van der Waals surface area contributed by atoms with E-state index in [9.17, 15) is 15.0 Å². The highest BCUT2D eigenvalue weighted by atomic mass is 16.3. The lowest BCUT2D eigenvalue weighted by atomic mass is 10.0. The van der Waals surface area contributed by atoms with Crippen LogP contribution in [0.15, 0.2) is 24.3 Å². The molecule has 0 aromatic heterocycles. The molecule has 0 aliphatic heterocycles. The predicted octanol–water partition coefficient (Wildman–Crippen LogP) is 15.2. The van der Waals surface area contributed by atoms with Gasteiger partial charge in [-0.15, -0.1) is 0 Å². The first kappa shape index (κ1) is 51.9. The molecule has 3 N–H and O–H groups in total. The Morgan fingerprint density at radius 1 is 0.434 bits per heavy atom. The molecule has 1 amide bonds. The van der Waals surface area contributed by atoms with Crippen molar-refractivity contribution in [2.24, 2.45) is 0 Å². The molecular formula is C49H95NO3. The zero-order valence-electron chi connectivity index (χ0n) is 36.1. The zero-order valence-corrected chi connectivity index (χ0v) is 36.1. The van der Waals surface area contributed by atoms with Crippen LogP contribution in [0.4, 0.5) is 0 Å². The number of hydrogen-bond donors (Lipinski definition) is 3. The molecule has 0 rings (SSSR count). The van der Waals surface area contributed by atoms with E-state index in [-0.39, 0.29) is 12.5 Å². The molecule has 53 heavy (non-hydrogen) atoms. The van der Waals surface area contributed by atoms with Crippen LogP contribution in [0.25, 0.3) is 0 Å². The van der Waals surface area contributed by atoms with Gasteiger partial charge in [-0.3, -0.25) is 4.79 Å². The Balaban J connectivity index is 3.41. The number of rotatable bonds is 44. The summed E-state index contributed by atoms with van der Waals surface area (Å²) in [6.07, 6.45) is 59.0. The summed E-state index contributed by atoms with van der Waals surface area (Å²) in [6, 6.07) is -0.633. The summed E-state index contributed by atoms with van der Waals surface area (Å²) in [6.45, 7) is 4.29. The fourth-order valence-corrected chi connectivity index (χ4v) is 7.49. The molecule has 0 aromatic rings. The van der Waals surface area contributed by atoms with Gasteiger partial charge in [0.1, 0.15) is 0 Å². The van der Waals surface area contributed by atoms with E-state index in [2.05, 4.69) is 31.3 Å². The van der Waals surface area contributed by atoms with Gasteiger partial charge in [0.2, 0.25) is 5.91 Å². The first-order valence-electron chi connectivity index (χ1n) is 24.1. The van der Waals surface area contributed by atoms with Crippen molar-refractivity contribution < 1.29 is 15.0 Å². The average Bonchev–Trinajstić information content (AvgIpc) is 3.16. The van der Waals surface area contributed by atoms with Crippen LogP contribution in [-0.4, -0.2) is 34.9 Å². The van der Waals surface area contributed by atoms with Crippen LogP contribution < -0.4 is 5.32 Å². The molecule has 0 fully saturated rings. The van der Waals surface area contributed by atoms with E-state index in [1.165, 1.54) is 212 Å². The third-order valence-electron chi connectivity index (χ3n) is 11.2. The Bertz CT molecular complexity index is 765. The summed E-state index contributed by atoms with van der Waals surface area (Å²) in [5, 5.41) is 22.9. The third kappa shape index (κ3) is 41.9. The maximum Gasteiger partial charge on any atom is 0.220 e. The lowest BCUT2D eigenvalue weighted by molar-refractivity contribution is -0.123. The van der Waals surface area contributed by atoms with Gasteiger partial charge in [0, 0.05) is 6.42 Å². The molecule has 0 radical (unpaired) electrons. The summed E-state index contributed by atoms with van der Waals surface area (Å²) < 4.78 is 0. The smallest absolute Gasteiger partial charge is 0.220 e. The van der Waals surface area contributed by atoms with E-state index in [0.717, 1.165) is 32.1 Å². The number of carbonyl (C=O) groups excluding carboxylic acids is 1. The second-order valence-electron chi connectivity index (χ2n) is 16.5. The molecule has 0 heterocycles. The second-order valence-corrected chi connectivity index (χ2v) is 16.5. The molecule has 0 aliphatic carbocycles. The molecule has 0 aromatic carbocycles. The SMILES string of the molecule is CCCCCCC/C=C/CC/C=C/C(O)C(CO)NC(=O)CCCCCCCCCCCCCCCCCCCCCCCCCCCCCCCC. The minimum absolute atomic E-state index is 0.0708. The molecule has 2 unspecified atom stereocenters. The molecule has 0 saturated heterocycles. The summed E-state index contributed by atoms with van der Waals surface area (Å²) >= 11 is 0. The van der Waals surface area contributed by atoms with Crippen molar-refractivity contribution in [3.05, 3.63) is 24.3 Å². The Hall–Kier alpha value is -1.13. The fraction of sp³-hybridized carbons (Fsp3) is 0.898. The average molecular weight is 746 g/mol. The molecule has 4 heteroatoms. The van der Waals surface area contributed by atoms with Gasteiger partial charge in [-0.1, -0.05) is 250 Å². The highest BCUT2D eigenvalue weighted by molar-refractivity contribution is 5.76. The van der Waals surface area contributed by atoms with Gasteiger partial charge in [-0.05, 0) is 32.1 Å². The van der Waals surface area contributed by atoms with E-state index in [1.807, 2.05) is 6.08 Å². The Kier molecular flexibility index (Phi) is 44.3. The zero-order chi connectivity index (χ0) is 38.6. The van der Waals surface area contributed by atoms with Gasteiger partial charge < -0.3 is 15.5 Å². The van der Waals surface area contributed by atoms with Gasteiger partial charge in [0.15, 0.2) is 0 Å². The van der Waals surface area contributed by atoms with Crippen molar-refractivity contribution in [3.63, 3.8) is 0 Å². The number of unbranched alkanes of at least 4 members (excludes halogenated alkanes) is 35. The number of nitrogens with one attached hydrogen (secondary N) is 1. The molecule has 4 nitrogen and oxygen atoms in total. The summed E-state index contributed by atoms with van der Waals surface area (Å²) in [7, 11) is 0. The third-order valence-corrected chi connectivity index (χ3v) is 11.2. The van der Waals surface area contributed by atoms with E-state index in [4.69, 9.17) is 0 Å². The van der Waals surface area contributed by atoms with Gasteiger partial charge in [0.25, 0.3) is 0 Å². The minimum atomic E-state index is -0.857. The Morgan fingerprint density at radius 2 is 0.736 bits per heavy atom. The quantitative estimate of drug-likeness (QED) is 0.0430. The molecular weight excluding hydrogens is 651 g/mol. The maximum absolute atomic E-state index is 12.4. The number of allylic oxidation sites excluding steroid dienone is 3. The summed E-state index contributed by atoms with van der Waals surface area (Å²) in [5.41, 5.74) is 0. The highest BCUT2D eigenvalue weighted by Crippen LogP contribution is 2.17. The van der Waals surface area contributed by atoms with Crippen LogP contribution >= 0.6 is 0 Å². The minimum Gasteiger partial charge on any atom is -0.394 e. The summed E-state index contributed by atoms with van der Waals surface area (Å²) in [4.78, 5) is 12.4. The number of carbonyl (C=O) groups is 1. The molecule has 0 spiro atoms. The van der Waals surface area contributed by atoms with Crippen molar-refractivity contribution in [1.29, 1.82) is 0 Å². The van der Waals surface area contributed by atoms with Crippen molar-refractivity contribution >= 4 is 5.91 Å². The maximum atomic E-state index is 12.4. The largest absolute Gasteiger partial charge is 0.394 e. The predicted molar refractivity (Wildman–Crippen MR) is 235 cm³/mol. The van der Waals surface area contributed by atoms with E-state index >= 15 is 0 Å². The Labute approximate surface area is 332 Å². The summed E-state index contributed by atoms with van der Waals surface area (Å²) in [5.74, 6) is -0.0708.